The van der Waals surface area contributed by atoms with E-state index in [1.807, 2.05) is 0 Å². The number of Topliss-reactive ketones (excluding diaryl/α,β-unsaturated/α-hetero) is 1. The van der Waals surface area contributed by atoms with Crippen molar-refractivity contribution in [3.05, 3.63) is 47.5 Å². The van der Waals surface area contributed by atoms with Gasteiger partial charge in [-0.25, -0.2) is 0 Å². The second-order valence-electron chi connectivity index (χ2n) is 8.47. The first-order valence-corrected chi connectivity index (χ1v) is 12.0. The van der Waals surface area contributed by atoms with Gasteiger partial charge < -0.3 is 20.1 Å². The van der Waals surface area contributed by atoms with Crippen LogP contribution in [-0.2, 0) is 11.2 Å². The van der Waals surface area contributed by atoms with Crippen molar-refractivity contribution in [2.75, 3.05) is 0 Å². The number of ketones is 1. The first-order valence-electron chi connectivity index (χ1n) is 12.0. The lowest BCUT2D eigenvalue weighted by atomic mass is 10.0. The molecule has 0 aliphatic rings. The molecule has 0 fully saturated rings. The summed E-state index contributed by atoms with van der Waals surface area (Å²) in [7, 11) is 0. The van der Waals surface area contributed by atoms with Crippen molar-refractivity contribution in [3.63, 3.8) is 0 Å². The van der Waals surface area contributed by atoms with Gasteiger partial charge in [-0.15, -0.1) is 0 Å². The first-order chi connectivity index (χ1) is 15.9. The van der Waals surface area contributed by atoms with Gasteiger partial charge in [-0.2, -0.15) is 0 Å². The van der Waals surface area contributed by atoms with Crippen molar-refractivity contribution >= 4 is 11.8 Å². The van der Waals surface area contributed by atoms with Crippen LogP contribution in [0.5, 0.6) is 23.0 Å². The molecule has 0 aromatic heterocycles. The molecule has 0 spiro atoms. The molecule has 0 aliphatic carbocycles. The minimum atomic E-state index is -0.422. The summed E-state index contributed by atoms with van der Waals surface area (Å²) < 4.78 is 5.41. The average Bonchev–Trinajstić information content (AvgIpc) is 2.77. The number of hydrogen-bond donors (Lipinski definition) is 3. The van der Waals surface area contributed by atoms with Gasteiger partial charge in [-0.1, -0.05) is 64.4 Å². The van der Waals surface area contributed by atoms with Crippen molar-refractivity contribution in [1.82, 2.24) is 0 Å². The number of aryl methyl sites for hydroxylation is 1. The Kier molecular flexibility index (Phi) is 11.3. The number of ether oxygens (including phenoxy) is 1. The summed E-state index contributed by atoms with van der Waals surface area (Å²) in [5, 5.41) is 29.1. The van der Waals surface area contributed by atoms with Gasteiger partial charge in [0, 0.05) is 25.0 Å². The van der Waals surface area contributed by atoms with E-state index in [9.17, 15) is 24.9 Å². The number of phenols is 3. The standard InChI is InChI=1S/C27H36O6/c1-2-3-4-5-6-7-8-9-10-11-27(32)33-26-19-22(29)15-16-23(26)24(30)17-13-20-12-14-21(28)18-25(20)31/h12,14-16,18-19,28-29,31H,2-11,13,17H2,1H3. The molecule has 0 radical (unpaired) electrons. The van der Waals surface area contributed by atoms with Crippen LogP contribution in [-0.4, -0.2) is 27.1 Å². The molecule has 0 saturated carbocycles. The van der Waals surface area contributed by atoms with E-state index >= 15 is 0 Å². The molecule has 3 N–H and O–H groups in total. The summed E-state index contributed by atoms with van der Waals surface area (Å²) in [4.78, 5) is 25.0. The molecule has 0 aliphatic heterocycles. The number of rotatable bonds is 15. The predicted octanol–water partition coefficient (Wildman–Crippen LogP) is 6.45. The molecule has 6 heteroatoms. The normalized spacial score (nSPS) is 10.8. The van der Waals surface area contributed by atoms with Gasteiger partial charge in [0.2, 0.25) is 0 Å². The fourth-order valence-electron chi connectivity index (χ4n) is 3.73. The van der Waals surface area contributed by atoms with E-state index in [0.717, 1.165) is 19.3 Å². The Morgan fingerprint density at radius 1 is 0.758 bits per heavy atom. The number of phenolic OH excluding ortho intramolecular Hbond substituents is 3. The van der Waals surface area contributed by atoms with Gasteiger partial charge in [-0.3, -0.25) is 9.59 Å². The Balaban J connectivity index is 1.82. The van der Waals surface area contributed by atoms with Gasteiger partial charge in [0.25, 0.3) is 0 Å². The van der Waals surface area contributed by atoms with Crippen LogP contribution in [0.1, 0.15) is 93.5 Å². The van der Waals surface area contributed by atoms with Crippen LogP contribution in [0.4, 0.5) is 0 Å². The van der Waals surface area contributed by atoms with E-state index in [4.69, 9.17) is 4.74 Å². The van der Waals surface area contributed by atoms with E-state index in [1.54, 1.807) is 6.07 Å². The smallest absolute Gasteiger partial charge is 0.311 e. The maximum absolute atomic E-state index is 12.7. The second-order valence-corrected chi connectivity index (χ2v) is 8.47. The Bertz CT molecular complexity index is 905. The Hall–Kier alpha value is -3.02. The summed E-state index contributed by atoms with van der Waals surface area (Å²) in [6, 6.07) is 8.32. The van der Waals surface area contributed by atoms with E-state index in [-0.39, 0.29) is 53.6 Å². The maximum Gasteiger partial charge on any atom is 0.311 e. The van der Waals surface area contributed by atoms with Crippen LogP contribution in [0.25, 0.3) is 0 Å². The lowest BCUT2D eigenvalue weighted by Gasteiger charge is -2.11. The van der Waals surface area contributed by atoms with Crippen molar-refractivity contribution in [2.45, 2.75) is 84.0 Å². The van der Waals surface area contributed by atoms with Crippen molar-refractivity contribution in [3.8, 4) is 23.0 Å². The van der Waals surface area contributed by atoms with Gasteiger partial charge in [0.05, 0.1) is 5.56 Å². The summed E-state index contributed by atoms with van der Waals surface area (Å²) in [6.45, 7) is 2.21. The summed E-state index contributed by atoms with van der Waals surface area (Å²) in [6.07, 6.45) is 10.9. The zero-order valence-electron chi connectivity index (χ0n) is 19.5. The summed E-state index contributed by atoms with van der Waals surface area (Å²) >= 11 is 0. The minimum Gasteiger partial charge on any atom is -0.508 e. The molecule has 180 valence electrons. The molecule has 2 aromatic rings. The molecule has 0 atom stereocenters. The fourth-order valence-corrected chi connectivity index (χ4v) is 3.73. The Morgan fingerprint density at radius 2 is 1.36 bits per heavy atom. The molecular weight excluding hydrogens is 420 g/mol. The third kappa shape index (κ3) is 9.56. The number of esters is 1. The van der Waals surface area contributed by atoms with Crippen molar-refractivity contribution in [1.29, 1.82) is 0 Å². The Morgan fingerprint density at radius 3 is 2.03 bits per heavy atom. The maximum atomic E-state index is 12.7. The van der Waals surface area contributed by atoms with Crippen LogP contribution in [0.2, 0.25) is 0 Å². The first kappa shape index (κ1) is 26.2. The molecular formula is C27H36O6. The van der Waals surface area contributed by atoms with Crippen LogP contribution in [0.3, 0.4) is 0 Å². The molecule has 33 heavy (non-hydrogen) atoms. The molecule has 6 nitrogen and oxygen atoms in total. The third-order valence-corrected chi connectivity index (χ3v) is 5.66. The van der Waals surface area contributed by atoms with Gasteiger partial charge in [0.15, 0.2) is 5.78 Å². The topological polar surface area (TPSA) is 104 Å². The van der Waals surface area contributed by atoms with Crippen LogP contribution >= 0.6 is 0 Å². The molecule has 0 bridgehead atoms. The lowest BCUT2D eigenvalue weighted by Crippen LogP contribution is -2.11. The highest BCUT2D eigenvalue weighted by molar-refractivity contribution is 5.99. The van der Waals surface area contributed by atoms with Crippen LogP contribution in [0.15, 0.2) is 36.4 Å². The molecule has 2 aromatic carbocycles. The monoisotopic (exact) mass is 456 g/mol. The second kappa shape index (κ2) is 14.2. The number of aromatic hydroxyl groups is 3. The number of benzene rings is 2. The minimum absolute atomic E-state index is 0.0517. The van der Waals surface area contributed by atoms with Gasteiger partial charge >= 0.3 is 5.97 Å². The molecule has 0 saturated heterocycles. The quantitative estimate of drug-likeness (QED) is 0.123. The molecule has 0 heterocycles. The number of unbranched alkanes of at least 4 members (excludes halogenated alkanes) is 8. The third-order valence-electron chi connectivity index (χ3n) is 5.66. The summed E-state index contributed by atoms with van der Waals surface area (Å²) in [5.74, 6) is -0.866. The number of hydrogen-bond acceptors (Lipinski definition) is 6. The van der Waals surface area contributed by atoms with E-state index in [0.29, 0.717) is 5.56 Å². The zero-order valence-corrected chi connectivity index (χ0v) is 19.5. The lowest BCUT2D eigenvalue weighted by molar-refractivity contribution is -0.134. The Labute approximate surface area is 196 Å². The molecule has 2 rings (SSSR count). The number of carbonyl (C=O) groups is 2. The number of carbonyl (C=O) groups excluding carboxylic acids is 2. The van der Waals surface area contributed by atoms with Crippen LogP contribution in [0, 0.1) is 0 Å². The van der Waals surface area contributed by atoms with Gasteiger partial charge in [0.1, 0.15) is 23.0 Å². The molecule has 0 amide bonds. The van der Waals surface area contributed by atoms with Crippen molar-refractivity contribution in [2.24, 2.45) is 0 Å². The predicted molar refractivity (Wildman–Crippen MR) is 128 cm³/mol. The van der Waals surface area contributed by atoms with Crippen molar-refractivity contribution < 1.29 is 29.6 Å². The largest absolute Gasteiger partial charge is 0.508 e. The zero-order chi connectivity index (χ0) is 24.1. The van der Waals surface area contributed by atoms with E-state index in [2.05, 4.69) is 6.92 Å². The highest BCUT2D eigenvalue weighted by atomic mass is 16.5. The fraction of sp³-hybridized carbons (Fsp3) is 0.481. The SMILES string of the molecule is CCCCCCCCCCCC(=O)Oc1cc(O)ccc1C(=O)CCc1ccc(O)cc1O. The van der Waals surface area contributed by atoms with E-state index in [1.165, 1.54) is 68.9 Å². The highest BCUT2D eigenvalue weighted by Gasteiger charge is 2.17. The van der Waals surface area contributed by atoms with Crippen LogP contribution < -0.4 is 4.74 Å². The molecule has 0 unspecified atom stereocenters. The highest BCUT2D eigenvalue weighted by Crippen LogP contribution is 2.28. The van der Waals surface area contributed by atoms with Gasteiger partial charge in [-0.05, 0) is 36.6 Å². The summed E-state index contributed by atoms with van der Waals surface area (Å²) in [5.41, 5.74) is 0.746. The van der Waals surface area contributed by atoms with E-state index < -0.39 is 5.97 Å². The average molecular weight is 457 g/mol.